The third-order valence-electron chi connectivity index (χ3n) is 5.08. The van der Waals surface area contributed by atoms with Crippen LogP contribution >= 0.6 is 0 Å². The van der Waals surface area contributed by atoms with E-state index >= 15 is 0 Å². The lowest BCUT2D eigenvalue weighted by Crippen LogP contribution is -2.64. The Balaban J connectivity index is 2.83. The predicted molar refractivity (Wildman–Crippen MR) is 84.8 cm³/mol. The van der Waals surface area contributed by atoms with Crippen molar-refractivity contribution in [3.05, 3.63) is 12.2 Å². The molecule has 4 heteroatoms. The van der Waals surface area contributed by atoms with Crippen molar-refractivity contribution in [1.82, 2.24) is 5.32 Å². The number of hydrogen-bond acceptors (Lipinski definition) is 4. The maximum atomic E-state index is 11.5. The molecule has 0 unspecified atom stereocenters. The highest BCUT2D eigenvalue weighted by Crippen LogP contribution is 2.38. The summed E-state index contributed by atoms with van der Waals surface area (Å²) in [7, 11) is 0. The number of carbonyl (C=O) groups is 1. The van der Waals surface area contributed by atoms with Gasteiger partial charge >= 0.3 is 5.97 Å². The van der Waals surface area contributed by atoms with Crippen molar-refractivity contribution in [3.8, 4) is 0 Å². The predicted octanol–water partition coefficient (Wildman–Crippen LogP) is 3.91. The third-order valence-corrected chi connectivity index (χ3v) is 5.08. The fourth-order valence-corrected chi connectivity index (χ4v) is 3.29. The van der Waals surface area contributed by atoms with Crippen LogP contribution < -0.4 is 5.32 Å². The van der Waals surface area contributed by atoms with E-state index in [-0.39, 0.29) is 17.2 Å². The van der Waals surface area contributed by atoms with Gasteiger partial charge in [-0.25, -0.2) is 4.79 Å². The third kappa shape index (κ3) is 4.30. The summed E-state index contributed by atoms with van der Waals surface area (Å²) >= 11 is 0. The molecule has 1 saturated heterocycles. The second kappa shape index (κ2) is 7.41. The van der Waals surface area contributed by atoms with Crippen LogP contribution in [0, 0.1) is 0 Å². The van der Waals surface area contributed by atoms with Gasteiger partial charge in [0.05, 0.1) is 0 Å². The molecule has 0 atom stereocenters. The van der Waals surface area contributed by atoms with Gasteiger partial charge in [-0.05, 0) is 45.4 Å². The Hall–Kier alpha value is -0.870. The lowest BCUT2D eigenvalue weighted by molar-refractivity contribution is -0.306. The van der Waals surface area contributed by atoms with Gasteiger partial charge < -0.3 is 5.32 Å². The summed E-state index contributed by atoms with van der Waals surface area (Å²) in [6.45, 7) is 14.0. The molecule has 1 fully saturated rings. The summed E-state index contributed by atoms with van der Waals surface area (Å²) in [4.78, 5) is 21.9. The largest absolute Gasteiger partial charge is 0.368 e. The van der Waals surface area contributed by atoms with E-state index < -0.39 is 5.97 Å². The van der Waals surface area contributed by atoms with Crippen LogP contribution in [0.3, 0.4) is 0 Å². The van der Waals surface area contributed by atoms with Crippen LogP contribution in [0.1, 0.15) is 73.1 Å². The lowest BCUT2D eigenvalue weighted by Gasteiger charge is -2.51. The van der Waals surface area contributed by atoms with E-state index in [1.54, 1.807) is 6.92 Å². The molecule has 0 bridgehead atoms. The highest BCUT2D eigenvalue weighted by Gasteiger charge is 2.45. The van der Waals surface area contributed by atoms with E-state index in [9.17, 15) is 4.79 Å². The van der Waals surface area contributed by atoms with Crippen molar-refractivity contribution in [2.75, 3.05) is 0 Å². The summed E-state index contributed by atoms with van der Waals surface area (Å²) in [6, 6.07) is 0. The summed E-state index contributed by atoms with van der Waals surface area (Å²) in [5.41, 5.74) is 0.480. The molecule has 0 aliphatic carbocycles. The molecule has 1 heterocycles. The van der Waals surface area contributed by atoms with Crippen molar-refractivity contribution < 1.29 is 14.6 Å². The van der Waals surface area contributed by atoms with Gasteiger partial charge in [0, 0.05) is 16.7 Å². The molecular weight excluding hydrogens is 266 g/mol. The highest BCUT2D eigenvalue weighted by molar-refractivity contribution is 5.86. The number of carbonyl (C=O) groups excluding carboxylic acids is 1. The summed E-state index contributed by atoms with van der Waals surface area (Å²) in [5.74, 6) is -0.481. The summed E-state index contributed by atoms with van der Waals surface area (Å²) in [6.07, 6.45) is 5.84. The number of rotatable bonds is 7. The van der Waals surface area contributed by atoms with Gasteiger partial charge in [0.2, 0.25) is 0 Å². The number of nitrogens with one attached hydrogen (secondary N) is 1. The van der Waals surface area contributed by atoms with E-state index in [2.05, 4.69) is 39.6 Å². The van der Waals surface area contributed by atoms with E-state index in [4.69, 9.17) is 9.78 Å². The standard InChI is InChI=1S/C17H31NO3/c1-7-16(8-2)11-14(20-21-15(19)13(5)6)12-17(9-3,10-4)18-16/h14,18H,5,7-12H2,1-4,6H3. The van der Waals surface area contributed by atoms with Crippen molar-refractivity contribution in [2.24, 2.45) is 0 Å². The monoisotopic (exact) mass is 297 g/mol. The molecule has 0 aromatic carbocycles. The van der Waals surface area contributed by atoms with Crippen molar-refractivity contribution in [2.45, 2.75) is 90.3 Å². The fraction of sp³-hybridized carbons (Fsp3) is 0.824. The molecule has 0 spiro atoms. The topological polar surface area (TPSA) is 47.6 Å². The maximum absolute atomic E-state index is 11.5. The minimum Gasteiger partial charge on any atom is -0.306 e. The minimum absolute atomic E-state index is 0.0601. The van der Waals surface area contributed by atoms with E-state index in [1.807, 2.05) is 0 Å². The normalized spacial score (nSPS) is 21.0. The second-order valence-corrected chi connectivity index (χ2v) is 6.38. The Morgan fingerprint density at radius 3 is 1.86 bits per heavy atom. The zero-order chi connectivity index (χ0) is 16.1. The van der Waals surface area contributed by atoms with E-state index in [0.29, 0.717) is 5.57 Å². The molecule has 0 amide bonds. The first-order valence-electron chi connectivity index (χ1n) is 8.18. The Kier molecular flexibility index (Phi) is 6.41. The van der Waals surface area contributed by atoms with Crippen LogP contribution in [0.5, 0.6) is 0 Å². The smallest absolute Gasteiger partial charge is 0.306 e. The van der Waals surface area contributed by atoms with Crippen LogP contribution in [-0.4, -0.2) is 23.2 Å². The number of piperidine rings is 1. The molecule has 1 aliphatic heterocycles. The molecule has 0 saturated carbocycles. The first-order chi connectivity index (χ1) is 9.86. The fourth-order valence-electron chi connectivity index (χ4n) is 3.29. The molecule has 1 rings (SSSR count). The average Bonchev–Trinajstić information content (AvgIpc) is 2.51. The van der Waals surface area contributed by atoms with Gasteiger partial charge in [-0.15, -0.1) is 0 Å². The summed E-state index contributed by atoms with van der Waals surface area (Å²) < 4.78 is 0. The molecule has 21 heavy (non-hydrogen) atoms. The van der Waals surface area contributed by atoms with Gasteiger partial charge in [0.25, 0.3) is 0 Å². The second-order valence-electron chi connectivity index (χ2n) is 6.38. The van der Waals surface area contributed by atoms with Gasteiger partial charge in [-0.3, -0.25) is 4.89 Å². The Morgan fingerprint density at radius 2 is 1.52 bits per heavy atom. The van der Waals surface area contributed by atoms with Crippen LogP contribution in [0.25, 0.3) is 0 Å². The minimum atomic E-state index is -0.481. The lowest BCUT2D eigenvalue weighted by atomic mass is 9.72. The zero-order valence-corrected chi connectivity index (χ0v) is 14.3. The van der Waals surface area contributed by atoms with Gasteiger partial charge in [0.15, 0.2) is 0 Å². The number of hydrogen-bond donors (Lipinski definition) is 1. The van der Waals surface area contributed by atoms with Crippen molar-refractivity contribution in [3.63, 3.8) is 0 Å². The SMILES string of the molecule is C=C(C)C(=O)OOC1CC(CC)(CC)NC(CC)(CC)C1. The van der Waals surface area contributed by atoms with E-state index in [0.717, 1.165) is 38.5 Å². The zero-order valence-electron chi connectivity index (χ0n) is 14.3. The van der Waals surface area contributed by atoms with Crippen molar-refractivity contribution in [1.29, 1.82) is 0 Å². The van der Waals surface area contributed by atoms with Crippen LogP contribution in [0.15, 0.2) is 12.2 Å². The Bertz CT molecular complexity index is 350. The molecule has 0 aromatic rings. The molecule has 1 N–H and O–H groups in total. The van der Waals surface area contributed by atoms with Crippen LogP contribution in [0.4, 0.5) is 0 Å². The molecular formula is C17H31NO3. The Labute approximate surface area is 129 Å². The molecule has 1 aliphatic rings. The molecule has 0 aromatic heterocycles. The molecule has 122 valence electrons. The van der Waals surface area contributed by atoms with Gasteiger partial charge in [-0.1, -0.05) is 34.3 Å². The first-order valence-corrected chi connectivity index (χ1v) is 8.18. The van der Waals surface area contributed by atoms with E-state index in [1.165, 1.54) is 0 Å². The Morgan fingerprint density at radius 1 is 1.10 bits per heavy atom. The first kappa shape index (κ1) is 18.2. The van der Waals surface area contributed by atoms with Gasteiger partial charge in [0.1, 0.15) is 6.10 Å². The highest BCUT2D eigenvalue weighted by atomic mass is 17.2. The van der Waals surface area contributed by atoms with Crippen LogP contribution in [0.2, 0.25) is 0 Å². The average molecular weight is 297 g/mol. The van der Waals surface area contributed by atoms with Crippen molar-refractivity contribution >= 4 is 5.97 Å². The molecule has 0 radical (unpaired) electrons. The molecule has 4 nitrogen and oxygen atoms in total. The van der Waals surface area contributed by atoms with Crippen LogP contribution in [-0.2, 0) is 14.6 Å². The maximum Gasteiger partial charge on any atom is 0.368 e. The quantitative estimate of drug-likeness (QED) is 0.440. The van der Waals surface area contributed by atoms with Gasteiger partial charge in [-0.2, -0.15) is 4.89 Å². The summed E-state index contributed by atoms with van der Waals surface area (Å²) in [5, 5.41) is 3.88.